The number of esters is 1. The third kappa shape index (κ3) is 9.35. The summed E-state index contributed by atoms with van der Waals surface area (Å²) in [6, 6.07) is 5.89. The van der Waals surface area contributed by atoms with Gasteiger partial charge in [0.05, 0.1) is 12.1 Å². The molecule has 276 valence electrons. The number of fused-ring (bicyclic) bond motifs is 1. The minimum atomic E-state index is -0.701. The van der Waals surface area contributed by atoms with E-state index in [2.05, 4.69) is 15.6 Å². The van der Waals surface area contributed by atoms with Crippen molar-refractivity contribution in [2.24, 2.45) is 23.7 Å². The van der Waals surface area contributed by atoms with Crippen molar-refractivity contribution < 1.29 is 37.8 Å². The van der Waals surface area contributed by atoms with Crippen molar-refractivity contribution in [1.82, 2.24) is 15.2 Å². The predicted octanol–water partition coefficient (Wildman–Crippen LogP) is 6.76. The SMILES string of the molecule is CO[C@H](C)COC(=O)c1cc2cc(NC(=O)[C@@H]3[C@H](C4CCCCC4)CCN3C(=O)[C@H]3CC[C@H]([C@@H](CF)NC(=O)OC(C)(C)C)CC3)ccc2[nH]1. The largest absolute Gasteiger partial charge is 0.458 e. The molecule has 4 atom stereocenters. The van der Waals surface area contributed by atoms with E-state index in [9.17, 15) is 23.6 Å². The number of rotatable bonds is 11. The number of alkyl carbamates (subject to hydrolysis) is 1. The van der Waals surface area contributed by atoms with E-state index in [0.29, 0.717) is 49.5 Å². The zero-order valence-corrected chi connectivity index (χ0v) is 30.2. The van der Waals surface area contributed by atoms with Gasteiger partial charge >= 0.3 is 12.1 Å². The summed E-state index contributed by atoms with van der Waals surface area (Å²) >= 11 is 0. The third-order valence-electron chi connectivity index (χ3n) is 10.8. The second-order valence-electron chi connectivity index (χ2n) is 15.5. The number of methoxy groups -OCH3 is 1. The Kier molecular flexibility index (Phi) is 12.5. The Bertz CT molecular complexity index is 1490. The first kappa shape index (κ1) is 37.6. The molecule has 11 nitrogen and oxygen atoms in total. The predicted molar refractivity (Wildman–Crippen MR) is 188 cm³/mol. The fourth-order valence-electron chi connectivity index (χ4n) is 8.08. The number of nitrogens with zero attached hydrogens (tertiary/aromatic N) is 1. The quantitative estimate of drug-likeness (QED) is 0.220. The molecule has 1 saturated heterocycles. The van der Waals surface area contributed by atoms with Crippen LogP contribution >= 0.6 is 0 Å². The monoisotopic (exact) mass is 698 g/mol. The van der Waals surface area contributed by atoms with E-state index in [1.807, 2.05) is 24.0 Å². The normalized spacial score (nSPS) is 24.4. The van der Waals surface area contributed by atoms with Gasteiger partial charge in [0.25, 0.3) is 0 Å². The van der Waals surface area contributed by atoms with Crippen LogP contribution in [0.15, 0.2) is 24.3 Å². The van der Waals surface area contributed by atoms with Crippen molar-refractivity contribution >= 4 is 40.5 Å². The van der Waals surface area contributed by atoms with Crippen LogP contribution in [0.1, 0.15) is 102 Å². The number of halogens is 1. The van der Waals surface area contributed by atoms with Crippen LogP contribution in [0.3, 0.4) is 0 Å². The maximum absolute atomic E-state index is 14.2. The number of carbonyl (C=O) groups is 4. The zero-order chi connectivity index (χ0) is 36.0. The van der Waals surface area contributed by atoms with Crippen molar-refractivity contribution in [3.05, 3.63) is 30.0 Å². The molecule has 3 aliphatic rings. The molecule has 3 N–H and O–H groups in total. The van der Waals surface area contributed by atoms with E-state index >= 15 is 0 Å². The van der Waals surface area contributed by atoms with Crippen LogP contribution in [0, 0.1) is 23.7 Å². The van der Waals surface area contributed by atoms with Crippen molar-refractivity contribution in [1.29, 1.82) is 0 Å². The molecule has 0 radical (unpaired) electrons. The Labute approximate surface area is 294 Å². The van der Waals surface area contributed by atoms with Crippen molar-refractivity contribution in [2.45, 2.75) is 116 Å². The van der Waals surface area contributed by atoms with Crippen LogP contribution < -0.4 is 10.6 Å². The molecule has 5 rings (SSSR count). The van der Waals surface area contributed by atoms with Gasteiger partial charge in [-0.15, -0.1) is 0 Å². The van der Waals surface area contributed by atoms with Gasteiger partial charge in [-0.1, -0.05) is 32.1 Å². The first-order chi connectivity index (χ1) is 23.9. The van der Waals surface area contributed by atoms with Gasteiger partial charge in [0.2, 0.25) is 11.8 Å². The fraction of sp³-hybridized carbons (Fsp3) is 0.684. The number of aromatic nitrogens is 1. The zero-order valence-electron chi connectivity index (χ0n) is 30.2. The summed E-state index contributed by atoms with van der Waals surface area (Å²) in [5.41, 5.74) is 0.955. The molecule has 2 aliphatic carbocycles. The maximum Gasteiger partial charge on any atom is 0.407 e. The molecule has 2 heterocycles. The highest BCUT2D eigenvalue weighted by molar-refractivity contribution is 6.01. The lowest BCUT2D eigenvalue weighted by atomic mass is 9.76. The number of hydrogen-bond acceptors (Lipinski definition) is 7. The molecule has 0 unspecified atom stereocenters. The number of alkyl halides is 1. The van der Waals surface area contributed by atoms with Gasteiger partial charge < -0.3 is 34.7 Å². The average Bonchev–Trinajstić information content (AvgIpc) is 3.74. The van der Waals surface area contributed by atoms with Crippen LogP contribution in [0.5, 0.6) is 0 Å². The summed E-state index contributed by atoms with van der Waals surface area (Å²) < 4.78 is 29.9. The van der Waals surface area contributed by atoms with Crippen molar-refractivity contribution in [3.63, 3.8) is 0 Å². The minimum Gasteiger partial charge on any atom is -0.458 e. The molecule has 3 fully saturated rings. The molecular formula is C38H55FN4O7. The number of benzene rings is 1. The number of amides is 3. The fourth-order valence-corrected chi connectivity index (χ4v) is 8.08. The molecule has 2 aromatic rings. The summed E-state index contributed by atoms with van der Waals surface area (Å²) in [6.45, 7) is 7.08. The molecule has 1 aliphatic heterocycles. The first-order valence-corrected chi connectivity index (χ1v) is 18.4. The van der Waals surface area contributed by atoms with Crippen LogP contribution in [0.25, 0.3) is 10.9 Å². The van der Waals surface area contributed by atoms with E-state index in [1.165, 1.54) is 6.42 Å². The van der Waals surface area contributed by atoms with Crippen molar-refractivity contribution in [3.8, 4) is 0 Å². The lowest BCUT2D eigenvalue weighted by molar-refractivity contribution is -0.142. The van der Waals surface area contributed by atoms with Gasteiger partial charge in [-0.25, -0.2) is 14.0 Å². The summed E-state index contributed by atoms with van der Waals surface area (Å²) in [6.07, 6.45) is 7.91. The molecule has 0 bridgehead atoms. The van der Waals surface area contributed by atoms with Gasteiger partial charge in [0, 0.05) is 36.2 Å². The Balaban J connectivity index is 1.26. The average molecular weight is 699 g/mol. The lowest BCUT2D eigenvalue weighted by Crippen LogP contribution is -2.50. The van der Waals surface area contributed by atoms with E-state index < -0.39 is 36.4 Å². The highest BCUT2D eigenvalue weighted by Gasteiger charge is 2.47. The number of carbonyl (C=O) groups excluding carboxylic acids is 4. The van der Waals surface area contributed by atoms with E-state index in [-0.39, 0.29) is 42.3 Å². The van der Waals surface area contributed by atoms with Gasteiger partial charge in [0.15, 0.2) is 0 Å². The Morgan fingerprint density at radius 3 is 2.38 bits per heavy atom. The lowest BCUT2D eigenvalue weighted by Gasteiger charge is -2.37. The van der Waals surface area contributed by atoms with Gasteiger partial charge in [-0.3, -0.25) is 9.59 Å². The summed E-state index contributed by atoms with van der Waals surface area (Å²) in [5.74, 6) is -0.568. The molecule has 12 heteroatoms. The number of likely N-dealkylation sites (tertiary alicyclic amines) is 1. The second-order valence-corrected chi connectivity index (χ2v) is 15.5. The standard InChI is InChI=1S/C38H55FN4O7/c1-23(48-5)22-49-36(46)31-20-27-19-28(15-16-30(27)41-31)40-34(44)33-29(24-9-7-6-8-10-24)17-18-43(33)35(45)26-13-11-25(12-14-26)32(21-39)42-37(47)50-38(2,3)4/h15-16,19-20,23-26,29,32-33,41H,6-14,17-18,21-22H2,1-5H3,(H,40,44)(H,42,47)/t23-,25-,26-,29+,32-,33+/m1/s1. The summed E-state index contributed by atoms with van der Waals surface area (Å²) in [5, 5.41) is 6.56. The van der Waals surface area contributed by atoms with Crippen LogP contribution in [0.4, 0.5) is 14.9 Å². The van der Waals surface area contributed by atoms with Crippen LogP contribution in [-0.4, -0.2) is 84.5 Å². The molecule has 2 saturated carbocycles. The Morgan fingerprint density at radius 2 is 1.72 bits per heavy atom. The molecule has 0 spiro atoms. The highest BCUT2D eigenvalue weighted by atomic mass is 19.1. The number of H-pyrrole nitrogens is 1. The Hall–Kier alpha value is -3.67. The van der Waals surface area contributed by atoms with Crippen LogP contribution in [0.2, 0.25) is 0 Å². The summed E-state index contributed by atoms with van der Waals surface area (Å²) in [4.78, 5) is 58.2. The minimum absolute atomic E-state index is 0.00848. The molecular weight excluding hydrogens is 643 g/mol. The van der Waals surface area contributed by atoms with Gasteiger partial charge in [0.1, 0.15) is 30.6 Å². The van der Waals surface area contributed by atoms with E-state index in [0.717, 1.165) is 43.0 Å². The number of anilines is 1. The second kappa shape index (κ2) is 16.6. The highest BCUT2D eigenvalue weighted by Crippen LogP contribution is 2.41. The molecule has 50 heavy (non-hydrogen) atoms. The third-order valence-corrected chi connectivity index (χ3v) is 10.8. The summed E-state index contributed by atoms with van der Waals surface area (Å²) in [7, 11) is 1.56. The first-order valence-electron chi connectivity index (χ1n) is 18.4. The van der Waals surface area contributed by atoms with E-state index in [4.69, 9.17) is 14.2 Å². The molecule has 1 aromatic heterocycles. The molecule has 3 amide bonds. The van der Waals surface area contributed by atoms with E-state index in [1.54, 1.807) is 40.0 Å². The smallest absolute Gasteiger partial charge is 0.407 e. The maximum atomic E-state index is 14.2. The van der Waals surface area contributed by atoms with Crippen LogP contribution in [-0.2, 0) is 23.8 Å². The number of aromatic amines is 1. The molecule has 1 aromatic carbocycles. The topological polar surface area (TPSA) is 139 Å². The van der Waals surface area contributed by atoms with Gasteiger partial charge in [-0.05, 0) is 102 Å². The number of ether oxygens (including phenoxy) is 3. The van der Waals surface area contributed by atoms with Gasteiger partial charge in [-0.2, -0.15) is 0 Å². The number of nitrogens with one attached hydrogen (secondary N) is 3. The Morgan fingerprint density at radius 1 is 1.00 bits per heavy atom. The number of hydrogen-bond donors (Lipinski definition) is 3. The van der Waals surface area contributed by atoms with Crippen molar-refractivity contribution in [2.75, 3.05) is 32.3 Å².